The Morgan fingerprint density at radius 2 is 2.13 bits per heavy atom. The monoisotopic (exact) mass is 228 g/mol. The van der Waals surface area contributed by atoms with Gasteiger partial charge in [-0.25, -0.2) is 9.97 Å². The molecule has 0 amide bonds. The van der Waals surface area contributed by atoms with Crippen molar-refractivity contribution in [3.05, 3.63) is 22.7 Å². The van der Waals surface area contributed by atoms with Crippen molar-refractivity contribution in [3.63, 3.8) is 0 Å². The van der Waals surface area contributed by atoms with Gasteiger partial charge in [0.15, 0.2) is 5.82 Å². The van der Waals surface area contributed by atoms with Crippen LogP contribution in [0.4, 0.5) is 0 Å². The lowest BCUT2D eigenvalue weighted by atomic mass is 10.1. The Labute approximate surface area is 95.8 Å². The van der Waals surface area contributed by atoms with E-state index in [0.717, 1.165) is 18.7 Å². The molecule has 1 aromatic heterocycles. The van der Waals surface area contributed by atoms with Crippen molar-refractivity contribution in [2.75, 3.05) is 6.61 Å². The Hall–Kier alpha value is -0.670. The van der Waals surface area contributed by atoms with E-state index in [9.17, 15) is 0 Å². The van der Waals surface area contributed by atoms with Gasteiger partial charge in [-0.3, -0.25) is 0 Å². The average Bonchev–Trinajstić information content (AvgIpc) is 2.10. The van der Waals surface area contributed by atoms with Crippen LogP contribution >= 0.6 is 11.6 Å². The van der Waals surface area contributed by atoms with Gasteiger partial charge >= 0.3 is 0 Å². The molecule has 0 spiro atoms. The number of halogens is 1. The van der Waals surface area contributed by atoms with E-state index in [1.54, 1.807) is 6.07 Å². The molecule has 15 heavy (non-hydrogen) atoms. The Morgan fingerprint density at radius 1 is 1.40 bits per heavy atom. The number of aromatic nitrogens is 2. The quantitative estimate of drug-likeness (QED) is 0.574. The van der Waals surface area contributed by atoms with Crippen LogP contribution < -0.4 is 0 Å². The Balaban J connectivity index is 2.37. The van der Waals surface area contributed by atoms with Gasteiger partial charge in [0.1, 0.15) is 11.8 Å². The molecule has 0 bridgehead atoms. The number of rotatable bonds is 5. The number of aryl methyl sites for hydroxylation is 1. The summed E-state index contributed by atoms with van der Waals surface area (Å²) in [6, 6.07) is 1.74. The minimum atomic E-state index is 0.439. The molecule has 1 rings (SSSR count). The maximum atomic E-state index is 5.81. The van der Waals surface area contributed by atoms with E-state index in [1.807, 2.05) is 6.92 Å². The van der Waals surface area contributed by atoms with Gasteiger partial charge in [-0.2, -0.15) is 0 Å². The van der Waals surface area contributed by atoms with Crippen LogP contribution in [0.15, 0.2) is 6.07 Å². The highest BCUT2D eigenvalue weighted by Crippen LogP contribution is 2.07. The largest absolute Gasteiger partial charge is 0.373 e. The first-order valence-corrected chi connectivity index (χ1v) is 5.53. The summed E-state index contributed by atoms with van der Waals surface area (Å²) in [7, 11) is 0. The summed E-state index contributed by atoms with van der Waals surface area (Å²) in [6.07, 6.45) is 1.06. The van der Waals surface area contributed by atoms with Crippen LogP contribution in [0.2, 0.25) is 5.15 Å². The van der Waals surface area contributed by atoms with Crippen LogP contribution in [-0.4, -0.2) is 16.6 Å². The van der Waals surface area contributed by atoms with Crippen LogP contribution in [0, 0.1) is 12.8 Å². The standard InChI is InChI=1S/C11H17ClN2O/c1-8(2)4-5-15-7-11-13-9(3)6-10(12)14-11/h6,8H,4-5,7H2,1-3H3. The highest BCUT2D eigenvalue weighted by atomic mass is 35.5. The van der Waals surface area contributed by atoms with Gasteiger partial charge in [0.2, 0.25) is 0 Å². The number of nitrogens with zero attached hydrogens (tertiary/aromatic N) is 2. The van der Waals surface area contributed by atoms with E-state index in [4.69, 9.17) is 16.3 Å². The lowest BCUT2D eigenvalue weighted by Crippen LogP contribution is -2.03. The summed E-state index contributed by atoms with van der Waals surface area (Å²) in [5.74, 6) is 1.32. The van der Waals surface area contributed by atoms with Crippen LogP contribution in [0.25, 0.3) is 0 Å². The van der Waals surface area contributed by atoms with Crippen molar-refractivity contribution >= 4 is 11.6 Å². The van der Waals surface area contributed by atoms with Crippen molar-refractivity contribution < 1.29 is 4.74 Å². The van der Waals surface area contributed by atoms with Gasteiger partial charge in [-0.15, -0.1) is 0 Å². The lowest BCUT2D eigenvalue weighted by molar-refractivity contribution is 0.105. The van der Waals surface area contributed by atoms with E-state index in [2.05, 4.69) is 23.8 Å². The SMILES string of the molecule is Cc1cc(Cl)nc(COCCC(C)C)n1. The molecule has 0 aromatic carbocycles. The first-order chi connectivity index (χ1) is 7.08. The molecule has 0 saturated heterocycles. The number of ether oxygens (including phenoxy) is 1. The zero-order valence-corrected chi connectivity index (χ0v) is 10.2. The Bertz CT molecular complexity index is 295. The van der Waals surface area contributed by atoms with Gasteiger partial charge < -0.3 is 4.74 Å². The molecule has 1 heterocycles. The molecule has 0 fully saturated rings. The smallest absolute Gasteiger partial charge is 0.155 e. The second-order valence-corrected chi connectivity index (χ2v) is 4.37. The van der Waals surface area contributed by atoms with Crippen molar-refractivity contribution in [3.8, 4) is 0 Å². The van der Waals surface area contributed by atoms with Crippen LogP contribution in [0.1, 0.15) is 31.8 Å². The fraction of sp³-hybridized carbons (Fsp3) is 0.636. The van der Waals surface area contributed by atoms with E-state index in [-0.39, 0.29) is 0 Å². The summed E-state index contributed by atoms with van der Waals surface area (Å²) in [5, 5.41) is 0.477. The van der Waals surface area contributed by atoms with E-state index >= 15 is 0 Å². The molecular weight excluding hydrogens is 212 g/mol. The molecule has 4 heteroatoms. The van der Waals surface area contributed by atoms with Crippen LogP contribution in [0.3, 0.4) is 0 Å². The van der Waals surface area contributed by atoms with Gasteiger partial charge in [-0.05, 0) is 25.3 Å². The zero-order chi connectivity index (χ0) is 11.3. The summed E-state index contributed by atoms with van der Waals surface area (Å²) < 4.78 is 5.46. The molecule has 84 valence electrons. The van der Waals surface area contributed by atoms with Gasteiger partial charge in [-0.1, -0.05) is 25.4 Å². The minimum absolute atomic E-state index is 0.439. The molecule has 3 nitrogen and oxygen atoms in total. The average molecular weight is 229 g/mol. The highest BCUT2D eigenvalue weighted by molar-refractivity contribution is 6.29. The molecule has 0 atom stereocenters. The first kappa shape index (κ1) is 12.4. The summed E-state index contributed by atoms with van der Waals surface area (Å²) >= 11 is 5.81. The predicted octanol–water partition coefficient (Wildman–Crippen LogP) is 3.00. The van der Waals surface area contributed by atoms with E-state index < -0.39 is 0 Å². The zero-order valence-electron chi connectivity index (χ0n) is 9.46. The maximum Gasteiger partial charge on any atom is 0.155 e. The third-order valence-corrected chi connectivity index (χ3v) is 2.13. The molecule has 0 N–H and O–H groups in total. The molecule has 0 radical (unpaired) electrons. The topological polar surface area (TPSA) is 35.0 Å². The second kappa shape index (κ2) is 6.03. The van der Waals surface area contributed by atoms with Crippen molar-refractivity contribution in [1.82, 2.24) is 9.97 Å². The van der Waals surface area contributed by atoms with Crippen LogP contribution in [-0.2, 0) is 11.3 Å². The Morgan fingerprint density at radius 3 is 2.73 bits per heavy atom. The third-order valence-electron chi connectivity index (χ3n) is 1.94. The Kier molecular flexibility index (Phi) is 4.99. The molecule has 1 aromatic rings. The number of hydrogen-bond acceptors (Lipinski definition) is 3. The van der Waals surface area contributed by atoms with Crippen LogP contribution in [0.5, 0.6) is 0 Å². The van der Waals surface area contributed by atoms with Gasteiger partial charge in [0, 0.05) is 12.3 Å². The first-order valence-electron chi connectivity index (χ1n) is 5.15. The molecule has 0 saturated carbocycles. The highest BCUT2D eigenvalue weighted by Gasteiger charge is 2.01. The molecule has 0 aliphatic heterocycles. The summed E-state index contributed by atoms with van der Waals surface area (Å²) in [4.78, 5) is 8.31. The predicted molar refractivity (Wildman–Crippen MR) is 60.9 cm³/mol. The minimum Gasteiger partial charge on any atom is -0.373 e. The lowest BCUT2D eigenvalue weighted by Gasteiger charge is -2.06. The molecule has 0 aliphatic carbocycles. The molecule has 0 unspecified atom stereocenters. The van der Waals surface area contributed by atoms with E-state index in [1.165, 1.54) is 0 Å². The maximum absolute atomic E-state index is 5.81. The molecular formula is C11H17ClN2O. The van der Waals surface area contributed by atoms with Crippen molar-refractivity contribution in [2.45, 2.75) is 33.8 Å². The second-order valence-electron chi connectivity index (χ2n) is 3.98. The van der Waals surface area contributed by atoms with Gasteiger partial charge in [0.05, 0.1) is 0 Å². The fourth-order valence-electron chi connectivity index (χ4n) is 1.14. The normalized spacial score (nSPS) is 11.0. The third kappa shape index (κ3) is 5.09. The van der Waals surface area contributed by atoms with Gasteiger partial charge in [0.25, 0.3) is 0 Å². The molecule has 0 aliphatic rings. The van der Waals surface area contributed by atoms with Crippen molar-refractivity contribution in [2.24, 2.45) is 5.92 Å². The summed E-state index contributed by atoms with van der Waals surface area (Å²) in [5.41, 5.74) is 0.873. The van der Waals surface area contributed by atoms with E-state index in [0.29, 0.717) is 23.5 Å². The fourth-order valence-corrected chi connectivity index (χ4v) is 1.39. The number of hydrogen-bond donors (Lipinski definition) is 0. The van der Waals surface area contributed by atoms with Crippen molar-refractivity contribution in [1.29, 1.82) is 0 Å². The summed E-state index contributed by atoms with van der Waals surface area (Å²) in [6.45, 7) is 7.42.